The number of aliphatic hydroxyl groups is 1. The van der Waals surface area contributed by atoms with Crippen molar-refractivity contribution in [2.45, 2.75) is 31.3 Å². The van der Waals surface area contributed by atoms with Gasteiger partial charge in [-0.1, -0.05) is 5.92 Å². The van der Waals surface area contributed by atoms with Gasteiger partial charge >= 0.3 is 29.2 Å². The lowest BCUT2D eigenvalue weighted by Crippen LogP contribution is -2.42. The van der Waals surface area contributed by atoms with Crippen LogP contribution in [-0.4, -0.2) is 52.5 Å². The molecule has 1 saturated heterocycles. The molecule has 2 unspecified atom stereocenters. The van der Waals surface area contributed by atoms with E-state index in [4.69, 9.17) is 25.8 Å². The van der Waals surface area contributed by atoms with E-state index < -0.39 is 59.3 Å². The van der Waals surface area contributed by atoms with Gasteiger partial charge in [-0.15, -0.1) is 6.42 Å². The van der Waals surface area contributed by atoms with Crippen molar-refractivity contribution in [2.75, 3.05) is 6.61 Å². The fourth-order valence-electron chi connectivity index (χ4n) is 2.50. The summed E-state index contributed by atoms with van der Waals surface area (Å²) in [4.78, 5) is 61.2. The SMILES string of the molecule is C#C[C@]1(COP(=O)(O)OP(=O)(O)OP(=O)(O)O)O[C@@H](n2cc(C)c(=O)[nH]c2=O)C[C@@H]1O. The van der Waals surface area contributed by atoms with Crippen molar-refractivity contribution in [1.29, 1.82) is 0 Å². The topological polar surface area (TPSA) is 244 Å². The number of aliphatic hydroxyl groups excluding tert-OH is 1. The van der Waals surface area contributed by atoms with Gasteiger partial charge in [0.1, 0.15) is 18.9 Å². The number of H-pyrrole nitrogens is 1. The van der Waals surface area contributed by atoms with E-state index in [0.717, 1.165) is 10.8 Å². The zero-order chi connectivity index (χ0) is 23.8. The first-order valence-corrected chi connectivity index (χ1v) is 12.5. The number of nitrogens with one attached hydrogen (secondary N) is 1. The molecule has 1 aromatic heterocycles. The Morgan fingerprint density at radius 1 is 1.26 bits per heavy atom. The summed E-state index contributed by atoms with van der Waals surface area (Å²) in [5, 5.41) is 10.3. The molecule has 0 aliphatic carbocycles. The van der Waals surface area contributed by atoms with Gasteiger partial charge in [-0.3, -0.25) is 18.9 Å². The number of phosphoric acid groups is 3. The molecule has 174 valence electrons. The van der Waals surface area contributed by atoms with Crippen LogP contribution in [0.1, 0.15) is 18.2 Å². The molecule has 16 nitrogen and oxygen atoms in total. The largest absolute Gasteiger partial charge is 0.490 e. The van der Waals surface area contributed by atoms with Gasteiger partial charge in [-0.25, -0.2) is 18.5 Å². The van der Waals surface area contributed by atoms with Gasteiger partial charge in [0.25, 0.3) is 5.56 Å². The van der Waals surface area contributed by atoms with Gasteiger partial charge in [0.15, 0.2) is 5.60 Å². The number of aromatic nitrogens is 2. The molecule has 0 spiro atoms. The normalized spacial score (nSPS) is 27.9. The Labute approximate surface area is 172 Å². The highest BCUT2D eigenvalue weighted by atomic mass is 31.3. The molecule has 5 atom stereocenters. The highest BCUT2D eigenvalue weighted by Gasteiger charge is 2.50. The standard InChI is InChI=1S/C12H17N2O14P3/c1-3-12(6-25-30(21,22)28-31(23,24)27-29(18,19)20)8(15)4-9(26-12)14-5-7(2)10(16)13-11(14)17/h1,5,8-9,15H,4,6H2,2H3,(H,21,22)(H,23,24)(H,13,16,17)(H2,18,19,20)/t8-,9+,12+/m0/s1. The van der Waals surface area contributed by atoms with Gasteiger partial charge in [0.05, 0.1) is 0 Å². The molecule has 0 aromatic carbocycles. The number of ether oxygens (including phenoxy) is 1. The van der Waals surface area contributed by atoms with Gasteiger partial charge in [-0.05, 0) is 6.92 Å². The predicted molar refractivity (Wildman–Crippen MR) is 98.2 cm³/mol. The third-order valence-electron chi connectivity index (χ3n) is 3.87. The zero-order valence-corrected chi connectivity index (χ0v) is 18.1. The molecule has 6 N–H and O–H groups in total. The molecule has 1 aliphatic rings. The second kappa shape index (κ2) is 8.84. The van der Waals surface area contributed by atoms with Crippen molar-refractivity contribution < 1.29 is 56.3 Å². The Kier molecular flexibility index (Phi) is 7.36. The first-order chi connectivity index (χ1) is 14.0. The number of terminal acetylenes is 1. The molecule has 1 aromatic rings. The van der Waals surface area contributed by atoms with Crippen molar-refractivity contribution in [2.24, 2.45) is 0 Å². The summed E-state index contributed by atoms with van der Waals surface area (Å²) in [5.74, 6) is 1.99. The van der Waals surface area contributed by atoms with Crippen LogP contribution < -0.4 is 11.2 Å². The fraction of sp³-hybridized carbons (Fsp3) is 0.500. The van der Waals surface area contributed by atoms with Gasteiger partial charge < -0.3 is 29.4 Å². The Hall–Kier alpha value is -1.43. The van der Waals surface area contributed by atoms with E-state index >= 15 is 0 Å². The van der Waals surface area contributed by atoms with Crippen molar-refractivity contribution in [3.8, 4) is 12.3 Å². The molecule has 2 rings (SSSR count). The Morgan fingerprint density at radius 2 is 1.87 bits per heavy atom. The lowest BCUT2D eigenvalue weighted by atomic mass is 9.99. The van der Waals surface area contributed by atoms with Crippen LogP contribution in [0, 0.1) is 19.3 Å². The number of rotatable bonds is 8. The first-order valence-electron chi connectivity index (χ1n) is 7.93. The fourth-order valence-corrected chi connectivity index (χ4v) is 5.55. The predicted octanol–water partition coefficient (Wildman–Crippen LogP) is -1.16. The first kappa shape index (κ1) is 25.8. The van der Waals surface area contributed by atoms with Crippen molar-refractivity contribution in [3.05, 3.63) is 32.6 Å². The van der Waals surface area contributed by atoms with Crippen molar-refractivity contribution in [3.63, 3.8) is 0 Å². The molecule has 31 heavy (non-hydrogen) atoms. The Bertz CT molecular complexity index is 1150. The molecular weight excluding hydrogens is 489 g/mol. The molecule has 0 amide bonds. The van der Waals surface area contributed by atoms with Crippen LogP contribution >= 0.6 is 23.5 Å². The van der Waals surface area contributed by atoms with Crippen molar-refractivity contribution in [1.82, 2.24) is 9.55 Å². The number of aryl methyl sites for hydroxylation is 1. The molecular formula is C12H17N2O14P3. The number of nitrogens with zero attached hydrogens (tertiary/aromatic N) is 1. The summed E-state index contributed by atoms with van der Waals surface area (Å²) >= 11 is 0. The summed E-state index contributed by atoms with van der Waals surface area (Å²) in [6.45, 7) is 0.270. The second-order valence-electron chi connectivity index (χ2n) is 6.20. The molecule has 0 saturated carbocycles. The number of hydrogen-bond donors (Lipinski definition) is 6. The molecule has 0 radical (unpaired) electrons. The maximum Gasteiger partial charge on any atom is 0.490 e. The monoisotopic (exact) mass is 506 g/mol. The van der Waals surface area contributed by atoms with Gasteiger partial charge in [-0.2, -0.15) is 8.62 Å². The van der Waals surface area contributed by atoms with Crippen LogP contribution in [-0.2, 0) is 31.6 Å². The van der Waals surface area contributed by atoms with Crippen LogP contribution in [0.4, 0.5) is 0 Å². The Balaban J connectivity index is 2.19. The number of phosphoric ester groups is 1. The maximum absolute atomic E-state index is 12.0. The van der Waals surface area contributed by atoms with E-state index in [1.165, 1.54) is 6.92 Å². The van der Waals surface area contributed by atoms with Crippen LogP contribution in [0.5, 0.6) is 0 Å². The quantitative estimate of drug-likeness (QED) is 0.180. The maximum atomic E-state index is 12.0. The zero-order valence-electron chi connectivity index (χ0n) is 15.4. The number of hydrogen-bond acceptors (Lipinski definition) is 10. The summed E-state index contributed by atoms with van der Waals surface area (Å²) < 4.78 is 51.8. The molecule has 0 bridgehead atoms. The second-order valence-corrected chi connectivity index (χ2v) is 10.6. The minimum absolute atomic E-state index is 0.129. The lowest BCUT2D eigenvalue weighted by Gasteiger charge is -2.27. The number of aromatic amines is 1. The summed E-state index contributed by atoms with van der Waals surface area (Å²) in [6.07, 6.45) is 3.31. The van der Waals surface area contributed by atoms with Crippen LogP contribution in [0.15, 0.2) is 15.8 Å². The molecule has 1 fully saturated rings. The van der Waals surface area contributed by atoms with Crippen molar-refractivity contribution >= 4 is 23.5 Å². The summed E-state index contributed by atoms with van der Waals surface area (Å²) in [6, 6.07) is 0. The molecule has 19 heteroatoms. The average Bonchev–Trinajstić information content (AvgIpc) is 2.90. The lowest BCUT2D eigenvalue weighted by molar-refractivity contribution is -0.0895. The third kappa shape index (κ3) is 6.53. The molecule has 2 heterocycles. The van der Waals surface area contributed by atoms with Crippen LogP contribution in [0.3, 0.4) is 0 Å². The van der Waals surface area contributed by atoms with Gasteiger partial charge in [0.2, 0.25) is 0 Å². The van der Waals surface area contributed by atoms with E-state index in [1.807, 2.05) is 10.9 Å². The van der Waals surface area contributed by atoms with E-state index in [2.05, 4.69) is 13.1 Å². The average molecular weight is 506 g/mol. The summed E-state index contributed by atoms with van der Waals surface area (Å²) in [7, 11) is -16.9. The summed E-state index contributed by atoms with van der Waals surface area (Å²) in [5.41, 5.74) is -3.58. The highest BCUT2D eigenvalue weighted by molar-refractivity contribution is 7.66. The minimum atomic E-state index is -5.75. The van der Waals surface area contributed by atoms with E-state index in [-0.39, 0.29) is 12.0 Å². The smallest absolute Gasteiger partial charge is 0.389 e. The van der Waals surface area contributed by atoms with Crippen LogP contribution in [0.25, 0.3) is 0 Å². The van der Waals surface area contributed by atoms with Gasteiger partial charge in [0, 0.05) is 18.2 Å². The third-order valence-corrected chi connectivity index (χ3v) is 7.65. The van der Waals surface area contributed by atoms with E-state index in [0.29, 0.717) is 0 Å². The van der Waals surface area contributed by atoms with E-state index in [9.17, 15) is 33.3 Å². The van der Waals surface area contributed by atoms with Crippen LogP contribution in [0.2, 0.25) is 0 Å². The van der Waals surface area contributed by atoms with E-state index in [1.54, 1.807) is 0 Å². The minimum Gasteiger partial charge on any atom is -0.389 e. The molecule has 1 aliphatic heterocycles. The Morgan fingerprint density at radius 3 is 2.42 bits per heavy atom. The highest BCUT2D eigenvalue weighted by Crippen LogP contribution is 2.66.